The second-order valence-electron chi connectivity index (χ2n) is 5.28. The van der Waals surface area contributed by atoms with Crippen molar-refractivity contribution < 1.29 is 9.53 Å². The lowest BCUT2D eigenvalue weighted by Gasteiger charge is -2.31. The van der Waals surface area contributed by atoms with Crippen molar-refractivity contribution in [2.45, 2.75) is 25.4 Å². The van der Waals surface area contributed by atoms with Gasteiger partial charge in [0.2, 0.25) is 0 Å². The Balaban J connectivity index is 0.00000147. The first-order valence-corrected chi connectivity index (χ1v) is 6.97. The molecule has 1 aromatic rings. The summed E-state index contributed by atoms with van der Waals surface area (Å²) in [6.45, 7) is 2.57. The molecule has 110 valence electrons. The Kier molecular flexibility index (Phi) is 4.89. The van der Waals surface area contributed by atoms with E-state index in [2.05, 4.69) is 5.32 Å². The molecule has 2 heterocycles. The van der Waals surface area contributed by atoms with Gasteiger partial charge in [0, 0.05) is 38.0 Å². The van der Waals surface area contributed by atoms with E-state index in [4.69, 9.17) is 4.74 Å². The third-order valence-corrected chi connectivity index (χ3v) is 4.12. The molecule has 3 rings (SSSR count). The SMILES string of the molecule is COC1CCN(C(=O)c2ccc3c(c2)CCN3)CC1.Cl. The van der Waals surface area contributed by atoms with Gasteiger partial charge in [0.05, 0.1) is 6.10 Å². The van der Waals surface area contributed by atoms with E-state index in [9.17, 15) is 4.79 Å². The van der Waals surface area contributed by atoms with Crippen LogP contribution in [0, 0.1) is 0 Å². The molecule has 1 amide bonds. The maximum atomic E-state index is 12.5. The average Bonchev–Trinajstić information content (AvgIpc) is 2.94. The summed E-state index contributed by atoms with van der Waals surface area (Å²) in [5, 5.41) is 3.32. The molecule has 1 saturated heterocycles. The fourth-order valence-corrected chi connectivity index (χ4v) is 2.92. The number of halogens is 1. The van der Waals surface area contributed by atoms with Crippen LogP contribution in [0.2, 0.25) is 0 Å². The number of rotatable bonds is 2. The molecular weight excluding hydrogens is 276 g/mol. The Morgan fingerprint density at radius 1 is 1.35 bits per heavy atom. The molecule has 0 unspecified atom stereocenters. The van der Waals surface area contributed by atoms with E-state index in [1.165, 1.54) is 11.3 Å². The Hall–Kier alpha value is -1.26. The summed E-state index contributed by atoms with van der Waals surface area (Å²) < 4.78 is 5.34. The quantitative estimate of drug-likeness (QED) is 0.911. The smallest absolute Gasteiger partial charge is 0.253 e. The van der Waals surface area contributed by atoms with Gasteiger partial charge in [-0.05, 0) is 43.0 Å². The second-order valence-corrected chi connectivity index (χ2v) is 5.28. The number of fused-ring (bicyclic) bond motifs is 1. The molecule has 0 aromatic heterocycles. The number of hydrogen-bond donors (Lipinski definition) is 1. The van der Waals surface area contributed by atoms with Crippen LogP contribution < -0.4 is 5.32 Å². The molecular formula is C15H21ClN2O2. The van der Waals surface area contributed by atoms with Crippen LogP contribution in [0.5, 0.6) is 0 Å². The summed E-state index contributed by atoms with van der Waals surface area (Å²) in [5.74, 6) is 0.157. The number of anilines is 1. The van der Waals surface area contributed by atoms with Crippen molar-refractivity contribution in [3.05, 3.63) is 29.3 Å². The number of methoxy groups -OCH3 is 1. The summed E-state index contributed by atoms with van der Waals surface area (Å²) in [7, 11) is 1.75. The average molecular weight is 297 g/mol. The van der Waals surface area contributed by atoms with E-state index in [1.807, 2.05) is 23.1 Å². The lowest BCUT2D eigenvalue weighted by atomic mass is 10.0. The minimum Gasteiger partial charge on any atom is -0.384 e. The topological polar surface area (TPSA) is 41.6 Å². The first-order chi connectivity index (χ1) is 9.28. The summed E-state index contributed by atoms with van der Waals surface area (Å²) >= 11 is 0. The second kappa shape index (κ2) is 6.46. The summed E-state index contributed by atoms with van der Waals surface area (Å²) in [6.07, 6.45) is 3.21. The molecule has 2 aliphatic rings. The van der Waals surface area contributed by atoms with Crippen LogP contribution in [-0.2, 0) is 11.2 Å². The summed E-state index contributed by atoms with van der Waals surface area (Å²) in [6, 6.07) is 6.00. The number of hydrogen-bond acceptors (Lipinski definition) is 3. The van der Waals surface area contributed by atoms with Gasteiger partial charge in [-0.25, -0.2) is 0 Å². The van der Waals surface area contributed by atoms with Crippen molar-refractivity contribution in [3.8, 4) is 0 Å². The number of carbonyl (C=O) groups is 1. The minimum absolute atomic E-state index is 0. The zero-order valence-corrected chi connectivity index (χ0v) is 12.5. The number of nitrogens with one attached hydrogen (secondary N) is 1. The van der Waals surface area contributed by atoms with Gasteiger partial charge in [-0.1, -0.05) is 0 Å². The largest absolute Gasteiger partial charge is 0.384 e. The predicted molar refractivity (Wildman–Crippen MR) is 81.8 cm³/mol. The molecule has 0 radical (unpaired) electrons. The van der Waals surface area contributed by atoms with Crippen molar-refractivity contribution in [2.24, 2.45) is 0 Å². The number of ether oxygens (including phenoxy) is 1. The standard InChI is InChI=1S/C15H20N2O2.ClH/c1-19-13-5-8-17(9-6-13)15(18)12-2-3-14-11(10-12)4-7-16-14;/h2-3,10,13,16H,4-9H2,1H3;1H. The van der Waals surface area contributed by atoms with Crippen LogP contribution in [0.1, 0.15) is 28.8 Å². The number of amides is 1. The zero-order valence-electron chi connectivity index (χ0n) is 11.7. The molecule has 2 aliphatic heterocycles. The molecule has 4 nitrogen and oxygen atoms in total. The van der Waals surface area contributed by atoms with Gasteiger partial charge in [-0.3, -0.25) is 4.79 Å². The minimum atomic E-state index is 0. The van der Waals surface area contributed by atoms with E-state index in [0.29, 0.717) is 6.10 Å². The molecule has 20 heavy (non-hydrogen) atoms. The number of nitrogens with zero attached hydrogens (tertiary/aromatic N) is 1. The molecule has 5 heteroatoms. The van der Waals surface area contributed by atoms with Gasteiger partial charge >= 0.3 is 0 Å². The fraction of sp³-hybridized carbons (Fsp3) is 0.533. The van der Waals surface area contributed by atoms with E-state index >= 15 is 0 Å². The van der Waals surface area contributed by atoms with Crippen LogP contribution in [0.4, 0.5) is 5.69 Å². The van der Waals surface area contributed by atoms with Gasteiger partial charge in [0.15, 0.2) is 0 Å². The van der Waals surface area contributed by atoms with Crippen LogP contribution in [0.15, 0.2) is 18.2 Å². The van der Waals surface area contributed by atoms with E-state index < -0.39 is 0 Å². The number of benzene rings is 1. The van der Waals surface area contributed by atoms with Crippen molar-refractivity contribution in [2.75, 3.05) is 32.1 Å². The van der Waals surface area contributed by atoms with Gasteiger partial charge in [0.1, 0.15) is 0 Å². The van der Waals surface area contributed by atoms with Crippen molar-refractivity contribution >= 4 is 24.0 Å². The number of piperidine rings is 1. The molecule has 0 aliphatic carbocycles. The number of carbonyl (C=O) groups excluding carboxylic acids is 1. The highest BCUT2D eigenvalue weighted by atomic mass is 35.5. The maximum absolute atomic E-state index is 12.5. The monoisotopic (exact) mass is 296 g/mol. The third-order valence-electron chi connectivity index (χ3n) is 4.12. The van der Waals surface area contributed by atoms with E-state index in [-0.39, 0.29) is 18.3 Å². The van der Waals surface area contributed by atoms with Crippen molar-refractivity contribution in [1.82, 2.24) is 4.90 Å². The Morgan fingerprint density at radius 2 is 2.10 bits per heavy atom. The van der Waals surface area contributed by atoms with Gasteiger partial charge in [-0.15, -0.1) is 12.4 Å². The van der Waals surface area contributed by atoms with Crippen LogP contribution in [0.3, 0.4) is 0 Å². The van der Waals surface area contributed by atoms with Crippen LogP contribution in [0.25, 0.3) is 0 Å². The van der Waals surface area contributed by atoms with Crippen LogP contribution >= 0.6 is 12.4 Å². The zero-order chi connectivity index (χ0) is 13.2. The normalized spacial score (nSPS) is 18.1. The lowest BCUT2D eigenvalue weighted by molar-refractivity contribution is 0.0351. The fourth-order valence-electron chi connectivity index (χ4n) is 2.92. The van der Waals surface area contributed by atoms with Gasteiger partial charge in [0.25, 0.3) is 5.91 Å². The molecule has 0 saturated carbocycles. The highest BCUT2D eigenvalue weighted by molar-refractivity contribution is 5.95. The van der Waals surface area contributed by atoms with Crippen molar-refractivity contribution in [1.29, 1.82) is 0 Å². The highest BCUT2D eigenvalue weighted by Crippen LogP contribution is 2.24. The van der Waals surface area contributed by atoms with E-state index in [0.717, 1.165) is 44.5 Å². The molecule has 1 fully saturated rings. The van der Waals surface area contributed by atoms with Gasteiger partial charge in [-0.2, -0.15) is 0 Å². The van der Waals surface area contributed by atoms with Crippen molar-refractivity contribution in [3.63, 3.8) is 0 Å². The summed E-state index contributed by atoms with van der Waals surface area (Å²) in [5.41, 5.74) is 3.26. The maximum Gasteiger partial charge on any atom is 0.253 e. The Labute approximate surface area is 125 Å². The molecule has 0 spiro atoms. The lowest BCUT2D eigenvalue weighted by Crippen LogP contribution is -2.40. The Bertz CT molecular complexity index is 485. The molecule has 1 aromatic carbocycles. The summed E-state index contributed by atoms with van der Waals surface area (Å²) in [4.78, 5) is 14.4. The highest BCUT2D eigenvalue weighted by Gasteiger charge is 2.24. The molecule has 1 N–H and O–H groups in total. The van der Waals surface area contributed by atoms with Gasteiger partial charge < -0.3 is 15.0 Å². The van der Waals surface area contributed by atoms with E-state index in [1.54, 1.807) is 7.11 Å². The van der Waals surface area contributed by atoms with Crippen LogP contribution in [-0.4, -0.2) is 43.7 Å². The molecule has 0 atom stereocenters. The predicted octanol–water partition coefficient (Wildman–Crippen LogP) is 2.33. The first kappa shape index (κ1) is 15.1. The first-order valence-electron chi connectivity index (χ1n) is 6.97. The molecule has 0 bridgehead atoms. The Morgan fingerprint density at radius 3 is 2.80 bits per heavy atom. The number of likely N-dealkylation sites (tertiary alicyclic amines) is 1. The third kappa shape index (κ3) is 2.91.